The smallest absolute Gasteiger partial charge is 0.279 e. The zero-order chi connectivity index (χ0) is 16.4. The lowest BCUT2D eigenvalue weighted by atomic mass is 10.1. The molecule has 0 saturated carbocycles. The number of aromatic nitrogens is 1. The van der Waals surface area contributed by atoms with Gasteiger partial charge in [-0.15, -0.1) is 0 Å². The predicted molar refractivity (Wildman–Crippen MR) is 93.1 cm³/mol. The summed E-state index contributed by atoms with van der Waals surface area (Å²) in [5.41, 5.74) is 2.64. The molecule has 0 bridgehead atoms. The molecule has 0 saturated heterocycles. The van der Waals surface area contributed by atoms with Crippen LogP contribution >= 0.6 is 11.3 Å². The second-order valence-corrected chi connectivity index (χ2v) is 6.23. The number of amides is 1. The van der Waals surface area contributed by atoms with E-state index in [0.717, 1.165) is 28.1 Å². The van der Waals surface area contributed by atoms with Gasteiger partial charge in [-0.3, -0.25) is 4.79 Å². The number of rotatable bonds is 3. The van der Waals surface area contributed by atoms with E-state index in [4.69, 9.17) is 4.74 Å². The number of ether oxygens (including phenoxy) is 1. The highest BCUT2D eigenvalue weighted by Crippen LogP contribution is 2.27. The van der Waals surface area contributed by atoms with E-state index < -0.39 is 0 Å². The first-order valence-corrected chi connectivity index (χ1v) is 8.27. The minimum atomic E-state index is -0.221. The average Bonchev–Trinajstić information content (AvgIpc) is 2.91. The van der Waals surface area contributed by atoms with Crippen molar-refractivity contribution in [2.75, 3.05) is 7.11 Å². The second-order valence-electron chi connectivity index (χ2n) is 5.22. The van der Waals surface area contributed by atoms with Gasteiger partial charge < -0.3 is 9.30 Å². The summed E-state index contributed by atoms with van der Waals surface area (Å²) in [6.07, 6.45) is 0. The summed E-state index contributed by atoms with van der Waals surface area (Å²) < 4.78 is 8.53. The van der Waals surface area contributed by atoms with E-state index in [1.54, 1.807) is 13.2 Å². The van der Waals surface area contributed by atoms with Crippen molar-refractivity contribution >= 4 is 27.5 Å². The van der Waals surface area contributed by atoms with E-state index in [-0.39, 0.29) is 5.91 Å². The Morgan fingerprint density at radius 2 is 2.04 bits per heavy atom. The van der Waals surface area contributed by atoms with Gasteiger partial charge in [0, 0.05) is 12.1 Å². The Kier molecular flexibility index (Phi) is 4.30. The molecule has 0 radical (unpaired) electrons. The molecule has 4 nitrogen and oxygen atoms in total. The molecule has 0 atom stereocenters. The van der Waals surface area contributed by atoms with Crippen molar-refractivity contribution in [3.8, 4) is 5.75 Å². The van der Waals surface area contributed by atoms with E-state index in [0.29, 0.717) is 10.4 Å². The fourth-order valence-corrected chi connectivity index (χ4v) is 3.68. The number of carbonyl (C=O) groups excluding carboxylic acids is 1. The lowest BCUT2D eigenvalue weighted by Crippen LogP contribution is -2.16. The summed E-state index contributed by atoms with van der Waals surface area (Å²) in [5.74, 6) is 0.575. The van der Waals surface area contributed by atoms with Gasteiger partial charge in [-0.2, -0.15) is 4.99 Å². The maximum atomic E-state index is 12.5. The third kappa shape index (κ3) is 2.92. The predicted octanol–water partition coefficient (Wildman–Crippen LogP) is 3.78. The zero-order valence-electron chi connectivity index (χ0n) is 13.4. The van der Waals surface area contributed by atoms with E-state index in [2.05, 4.69) is 4.99 Å². The van der Waals surface area contributed by atoms with Gasteiger partial charge in [0.25, 0.3) is 5.91 Å². The third-order valence-electron chi connectivity index (χ3n) is 3.66. The number of methoxy groups -OCH3 is 1. The van der Waals surface area contributed by atoms with Crippen LogP contribution in [0.3, 0.4) is 0 Å². The van der Waals surface area contributed by atoms with Gasteiger partial charge >= 0.3 is 0 Å². The van der Waals surface area contributed by atoms with Crippen LogP contribution in [-0.4, -0.2) is 17.6 Å². The summed E-state index contributed by atoms with van der Waals surface area (Å²) in [6, 6.07) is 13.4. The Morgan fingerprint density at radius 3 is 2.74 bits per heavy atom. The van der Waals surface area contributed by atoms with Gasteiger partial charge in [0.15, 0.2) is 4.80 Å². The molecular formula is C18H18N2O2S. The monoisotopic (exact) mass is 326 g/mol. The molecule has 2 aromatic carbocycles. The first-order chi connectivity index (χ1) is 11.1. The van der Waals surface area contributed by atoms with E-state index in [1.165, 1.54) is 11.3 Å². The highest BCUT2D eigenvalue weighted by molar-refractivity contribution is 7.16. The SMILES string of the molecule is CCn1c(=NC(=O)c2cccc(C)c2)sc2cccc(OC)c21. The van der Waals surface area contributed by atoms with Gasteiger partial charge in [-0.25, -0.2) is 0 Å². The molecule has 5 heteroatoms. The van der Waals surface area contributed by atoms with E-state index >= 15 is 0 Å². The molecule has 1 heterocycles. The topological polar surface area (TPSA) is 43.6 Å². The van der Waals surface area contributed by atoms with Gasteiger partial charge in [-0.05, 0) is 38.1 Å². The number of aryl methyl sites for hydroxylation is 2. The van der Waals surface area contributed by atoms with Crippen LogP contribution in [0.15, 0.2) is 47.5 Å². The largest absolute Gasteiger partial charge is 0.495 e. The average molecular weight is 326 g/mol. The fourth-order valence-electron chi connectivity index (χ4n) is 2.57. The molecule has 3 aromatic rings. The molecule has 23 heavy (non-hydrogen) atoms. The number of benzene rings is 2. The number of carbonyl (C=O) groups is 1. The van der Waals surface area contributed by atoms with Crippen LogP contribution in [0.1, 0.15) is 22.8 Å². The van der Waals surface area contributed by atoms with Crippen molar-refractivity contribution in [2.45, 2.75) is 20.4 Å². The Balaban J connectivity index is 2.18. The molecule has 0 spiro atoms. The summed E-state index contributed by atoms with van der Waals surface area (Å²) in [7, 11) is 1.65. The summed E-state index contributed by atoms with van der Waals surface area (Å²) in [5, 5.41) is 0. The minimum absolute atomic E-state index is 0.221. The molecular weight excluding hydrogens is 308 g/mol. The third-order valence-corrected chi connectivity index (χ3v) is 4.71. The normalized spacial score (nSPS) is 11.9. The van der Waals surface area contributed by atoms with Crippen LogP contribution in [0.25, 0.3) is 10.2 Å². The molecule has 0 aliphatic heterocycles. The van der Waals surface area contributed by atoms with Crippen LogP contribution in [0.4, 0.5) is 0 Å². The van der Waals surface area contributed by atoms with Gasteiger partial charge in [0.1, 0.15) is 11.3 Å². The lowest BCUT2D eigenvalue weighted by molar-refractivity contribution is 0.0997. The van der Waals surface area contributed by atoms with Crippen molar-refractivity contribution in [1.82, 2.24) is 4.57 Å². The Bertz CT molecular complexity index is 938. The standard InChI is InChI=1S/C18H18N2O2S/c1-4-20-16-14(22-3)9-6-10-15(16)23-18(20)19-17(21)13-8-5-7-12(2)11-13/h5-11H,4H2,1-3H3. The highest BCUT2D eigenvalue weighted by atomic mass is 32.1. The van der Waals surface area contributed by atoms with Crippen LogP contribution in [0.2, 0.25) is 0 Å². The molecule has 0 N–H and O–H groups in total. The maximum Gasteiger partial charge on any atom is 0.279 e. The fraction of sp³-hybridized carbons (Fsp3) is 0.222. The molecule has 1 amide bonds. The number of fused-ring (bicyclic) bond motifs is 1. The van der Waals surface area contributed by atoms with E-state index in [9.17, 15) is 4.79 Å². The molecule has 0 aliphatic carbocycles. The summed E-state index contributed by atoms with van der Waals surface area (Å²) >= 11 is 1.50. The van der Waals surface area contributed by atoms with Crippen molar-refractivity contribution in [3.05, 3.63) is 58.4 Å². The van der Waals surface area contributed by atoms with Crippen LogP contribution in [0, 0.1) is 6.92 Å². The highest BCUT2D eigenvalue weighted by Gasteiger charge is 2.11. The minimum Gasteiger partial charge on any atom is -0.495 e. The Morgan fingerprint density at radius 1 is 1.26 bits per heavy atom. The summed E-state index contributed by atoms with van der Waals surface area (Å²) in [6.45, 7) is 4.72. The van der Waals surface area contributed by atoms with Crippen molar-refractivity contribution in [2.24, 2.45) is 4.99 Å². The zero-order valence-corrected chi connectivity index (χ0v) is 14.2. The summed E-state index contributed by atoms with van der Waals surface area (Å²) in [4.78, 5) is 17.5. The lowest BCUT2D eigenvalue weighted by Gasteiger charge is -2.05. The number of hydrogen-bond acceptors (Lipinski definition) is 3. The second kappa shape index (κ2) is 6.38. The molecule has 118 valence electrons. The van der Waals surface area contributed by atoms with Crippen LogP contribution in [0.5, 0.6) is 5.75 Å². The van der Waals surface area contributed by atoms with E-state index in [1.807, 2.05) is 54.8 Å². The molecule has 0 fully saturated rings. The molecule has 3 rings (SSSR count). The molecule has 0 aliphatic rings. The Hall–Kier alpha value is -2.40. The quantitative estimate of drug-likeness (QED) is 0.735. The number of hydrogen-bond donors (Lipinski definition) is 0. The van der Waals surface area contributed by atoms with Gasteiger partial charge in [0.05, 0.1) is 11.8 Å². The van der Waals surface area contributed by atoms with Crippen molar-refractivity contribution in [1.29, 1.82) is 0 Å². The van der Waals surface area contributed by atoms with Crippen molar-refractivity contribution < 1.29 is 9.53 Å². The van der Waals surface area contributed by atoms with Gasteiger partial charge in [0.2, 0.25) is 0 Å². The van der Waals surface area contributed by atoms with Crippen LogP contribution in [-0.2, 0) is 6.54 Å². The van der Waals surface area contributed by atoms with Crippen LogP contribution < -0.4 is 9.54 Å². The number of nitrogens with zero attached hydrogens (tertiary/aromatic N) is 2. The van der Waals surface area contributed by atoms with Crippen molar-refractivity contribution in [3.63, 3.8) is 0 Å². The first-order valence-electron chi connectivity index (χ1n) is 7.46. The Labute approximate surface area is 138 Å². The van der Waals surface area contributed by atoms with Gasteiger partial charge in [-0.1, -0.05) is 35.1 Å². The molecule has 1 aromatic heterocycles. The number of thiazole rings is 1. The first kappa shape index (κ1) is 15.5. The maximum absolute atomic E-state index is 12.5. The molecule has 0 unspecified atom stereocenters. The number of para-hydroxylation sites is 1.